The fourth-order valence-corrected chi connectivity index (χ4v) is 4.63. The lowest BCUT2D eigenvalue weighted by Gasteiger charge is -2.36. The van der Waals surface area contributed by atoms with E-state index in [1.54, 1.807) is 5.56 Å². The van der Waals surface area contributed by atoms with Crippen LogP contribution in [0.2, 0.25) is 0 Å². The highest BCUT2D eigenvalue weighted by molar-refractivity contribution is 5.85. The number of benzene rings is 1. The maximum Gasteiger partial charge on any atom is 0.0641 e. The molecule has 4 rings (SSSR count). The minimum absolute atomic E-state index is 0. The summed E-state index contributed by atoms with van der Waals surface area (Å²) in [5, 5.41) is 4.75. The molecule has 1 aromatic carbocycles. The Morgan fingerprint density at radius 2 is 1.61 bits per heavy atom. The number of rotatable bonds is 7. The third-order valence-corrected chi connectivity index (χ3v) is 6.58. The van der Waals surface area contributed by atoms with Crippen molar-refractivity contribution in [1.82, 2.24) is 19.6 Å². The van der Waals surface area contributed by atoms with Crippen LogP contribution in [0.25, 0.3) is 0 Å². The summed E-state index contributed by atoms with van der Waals surface area (Å²) in [6.45, 7) is 14.7. The quantitative estimate of drug-likeness (QED) is 0.694. The second kappa shape index (κ2) is 8.98. The van der Waals surface area contributed by atoms with Crippen molar-refractivity contribution in [2.24, 2.45) is 0 Å². The fraction of sp³-hybridized carbons (Fsp3) is 0.609. The molecule has 2 heterocycles. The van der Waals surface area contributed by atoms with Gasteiger partial charge in [-0.3, -0.25) is 14.5 Å². The van der Waals surface area contributed by atoms with Crippen LogP contribution in [-0.2, 0) is 18.5 Å². The average Bonchev–Trinajstić information content (AvgIpc) is 3.42. The third-order valence-electron chi connectivity index (χ3n) is 6.58. The van der Waals surface area contributed by atoms with Crippen molar-refractivity contribution in [2.75, 3.05) is 32.7 Å². The first-order valence-electron chi connectivity index (χ1n) is 10.6. The van der Waals surface area contributed by atoms with Gasteiger partial charge in [0.1, 0.15) is 0 Å². The van der Waals surface area contributed by atoms with Gasteiger partial charge in [0.25, 0.3) is 0 Å². The number of aromatic nitrogens is 2. The summed E-state index contributed by atoms with van der Waals surface area (Å²) in [7, 11) is 0. The van der Waals surface area contributed by atoms with Gasteiger partial charge in [-0.25, -0.2) is 0 Å². The zero-order chi connectivity index (χ0) is 18.9. The van der Waals surface area contributed by atoms with Crippen LogP contribution < -0.4 is 0 Å². The van der Waals surface area contributed by atoms with Gasteiger partial charge in [0.15, 0.2) is 0 Å². The summed E-state index contributed by atoms with van der Waals surface area (Å²) >= 11 is 0. The molecular formula is C23H35ClN4. The van der Waals surface area contributed by atoms with Gasteiger partial charge in [-0.15, -0.1) is 12.4 Å². The fourth-order valence-electron chi connectivity index (χ4n) is 4.63. The highest BCUT2D eigenvalue weighted by Crippen LogP contribution is 2.48. The van der Waals surface area contributed by atoms with Crippen molar-refractivity contribution in [1.29, 1.82) is 0 Å². The van der Waals surface area contributed by atoms with E-state index in [0.29, 0.717) is 5.41 Å². The van der Waals surface area contributed by atoms with Crippen LogP contribution in [-0.4, -0.2) is 52.3 Å². The van der Waals surface area contributed by atoms with E-state index < -0.39 is 0 Å². The Kier molecular flexibility index (Phi) is 6.85. The molecule has 4 nitrogen and oxygen atoms in total. The van der Waals surface area contributed by atoms with E-state index in [9.17, 15) is 0 Å². The molecule has 2 aliphatic rings. The Morgan fingerprint density at radius 1 is 0.964 bits per heavy atom. The summed E-state index contributed by atoms with van der Waals surface area (Å²) in [4.78, 5) is 5.31. The number of aryl methyl sites for hydroxylation is 2. The molecule has 1 aliphatic heterocycles. The van der Waals surface area contributed by atoms with Gasteiger partial charge >= 0.3 is 0 Å². The smallest absolute Gasteiger partial charge is 0.0641 e. The summed E-state index contributed by atoms with van der Waals surface area (Å²) in [6, 6.07) is 11.2. The molecule has 2 aromatic rings. The zero-order valence-electron chi connectivity index (χ0n) is 17.7. The number of hydrogen-bond donors (Lipinski definition) is 0. The molecule has 0 radical (unpaired) electrons. The van der Waals surface area contributed by atoms with Crippen LogP contribution in [0, 0.1) is 13.8 Å². The number of piperazine rings is 1. The van der Waals surface area contributed by atoms with Gasteiger partial charge in [0, 0.05) is 62.5 Å². The first-order chi connectivity index (χ1) is 13.1. The molecule has 0 unspecified atom stereocenters. The molecule has 1 saturated carbocycles. The summed E-state index contributed by atoms with van der Waals surface area (Å²) in [5.41, 5.74) is 6.00. The van der Waals surface area contributed by atoms with E-state index in [-0.39, 0.29) is 12.4 Å². The van der Waals surface area contributed by atoms with Crippen molar-refractivity contribution in [3.63, 3.8) is 0 Å². The maximum atomic E-state index is 4.75. The molecule has 1 saturated heterocycles. The Labute approximate surface area is 176 Å². The number of hydrogen-bond acceptors (Lipinski definition) is 3. The largest absolute Gasteiger partial charge is 0.300 e. The molecule has 0 bridgehead atoms. The van der Waals surface area contributed by atoms with E-state index in [1.165, 1.54) is 62.5 Å². The van der Waals surface area contributed by atoms with E-state index in [2.05, 4.69) is 65.6 Å². The van der Waals surface area contributed by atoms with Gasteiger partial charge in [-0.2, -0.15) is 5.10 Å². The monoisotopic (exact) mass is 402 g/mol. The summed E-state index contributed by atoms with van der Waals surface area (Å²) in [5.74, 6) is 0. The van der Waals surface area contributed by atoms with Crippen LogP contribution >= 0.6 is 12.4 Å². The second-order valence-corrected chi connectivity index (χ2v) is 8.57. The van der Waals surface area contributed by atoms with Gasteiger partial charge in [-0.05, 0) is 38.7 Å². The van der Waals surface area contributed by atoms with E-state index >= 15 is 0 Å². The molecule has 0 amide bonds. The van der Waals surface area contributed by atoms with Crippen molar-refractivity contribution in [3.8, 4) is 0 Å². The zero-order valence-corrected chi connectivity index (χ0v) is 18.5. The molecule has 0 N–H and O–H groups in total. The Balaban J connectivity index is 0.00000225. The minimum Gasteiger partial charge on any atom is -0.300 e. The first kappa shape index (κ1) is 21.4. The molecule has 154 valence electrons. The summed E-state index contributed by atoms with van der Waals surface area (Å²) < 4.78 is 2.19. The molecule has 1 aliphatic carbocycles. The van der Waals surface area contributed by atoms with Crippen molar-refractivity contribution >= 4 is 12.4 Å². The van der Waals surface area contributed by atoms with Crippen molar-refractivity contribution in [3.05, 3.63) is 52.8 Å². The minimum atomic E-state index is 0. The SMILES string of the molecule is CCCn1nc(C)c(CN2CCN(CC3(c4ccccc4)CC3)CC2)c1C.Cl. The lowest BCUT2D eigenvalue weighted by molar-refractivity contribution is 0.118. The second-order valence-electron chi connectivity index (χ2n) is 8.57. The molecule has 1 aromatic heterocycles. The van der Waals surface area contributed by atoms with E-state index in [1.807, 2.05) is 0 Å². The topological polar surface area (TPSA) is 24.3 Å². The summed E-state index contributed by atoms with van der Waals surface area (Å²) in [6.07, 6.45) is 3.85. The van der Waals surface area contributed by atoms with Crippen molar-refractivity contribution < 1.29 is 0 Å². The molecule has 28 heavy (non-hydrogen) atoms. The van der Waals surface area contributed by atoms with Crippen LogP contribution in [0.3, 0.4) is 0 Å². The number of nitrogens with zero attached hydrogens (tertiary/aromatic N) is 4. The van der Waals surface area contributed by atoms with Gasteiger partial charge in [0.2, 0.25) is 0 Å². The van der Waals surface area contributed by atoms with Gasteiger partial charge in [0.05, 0.1) is 5.69 Å². The molecule has 0 spiro atoms. The predicted molar refractivity (Wildman–Crippen MR) is 118 cm³/mol. The molecule has 5 heteroatoms. The molecule has 0 atom stereocenters. The van der Waals surface area contributed by atoms with Gasteiger partial charge < -0.3 is 0 Å². The van der Waals surface area contributed by atoms with Crippen LogP contribution in [0.15, 0.2) is 30.3 Å². The standard InChI is InChI=1S/C23H34N4.ClH/c1-4-12-27-20(3)22(19(2)24-27)17-25-13-15-26(16-14-25)18-23(10-11-23)21-8-6-5-7-9-21;/h5-9H,4,10-18H2,1-3H3;1H. The Bertz CT molecular complexity index is 758. The first-order valence-corrected chi connectivity index (χ1v) is 10.6. The normalized spacial score (nSPS) is 19.4. The highest BCUT2D eigenvalue weighted by Gasteiger charge is 2.45. The van der Waals surface area contributed by atoms with E-state index in [0.717, 1.165) is 19.5 Å². The molecule has 2 fully saturated rings. The van der Waals surface area contributed by atoms with Crippen LogP contribution in [0.5, 0.6) is 0 Å². The maximum absolute atomic E-state index is 4.75. The van der Waals surface area contributed by atoms with Gasteiger partial charge in [-0.1, -0.05) is 37.3 Å². The van der Waals surface area contributed by atoms with E-state index in [4.69, 9.17) is 5.10 Å². The highest BCUT2D eigenvalue weighted by atomic mass is 35.5. The Morgan fingerprint density at radius 3 is 2.21 bits per heavy atom. The van der Waals surface area contributed by atoms with Crippen LogP contribution in [0.4, 0.5) is 0 Å². The van der Waals surface area contributed by atoms with Crippen molar-refractivity contribution in [2.45, 2.75) is 58.5 Å². The lowest BCUT2D eigenvalue weighted by Crippen LogP contribution is -2.48. The predicted octanol–water partition coefficient (Wildman–Crippen LogP) is 4.18. The lowest BCUT2D eigenvalue weighted by atomic mass is 9.95. The average molecular weight is 403 g/mol. The Hall–Kier alpha value is -1.36. The number of halogens is 1. The molecular weight excluding hydrogens is 368 g/mol. The third kappa shape index (κ3) is 4.45. The van der Waals surface area contributed by atoms with Crippen LogP contribution in [0.1, 0.15) is 48.7 Å².